The van der Waals surface area contributed by atoms with E-state index in [2.05, 4.69) is 23.5 Å². The van der Waals surface area contributed by atoms with Gasteiger partial charge in [-0.2, -0.15) is 0 Å². The minimum atomic E-state index is -0.270. The number of hydrogen-bond donors (Lipinski definition) is 1. The summed E-state index contributed by atoms with van der Waals surface area (Å²) < 4.78 is 13.9. The van der Waals surface area contributed by atoms with Gasteiger partial charge in [-0.3, -0.25) is 4.90 Å². The third-order valence-corrected chi connectivity index (χ3v) is 5.10. The monoisotopic (exact) mass is 306 g/mol. The number of carbonyl (C=O) groups is 1. The number of urea groups is 1. The zero-order chi connectivity index (χ0) is 15.6. The van der Waals surface area contributed by atoms with Crippen LogP contribution in [0.1, 0.15) is 17.5 Å². The van der Waals surface area contributed by atoms with Crippen molar-refractivity contribution in [2.75, 3.05) is 6.54 Å². The molecule has 0 spiro atoms. The molecule has 1 aromatic rings. The maximum Gasteiger partial charge on any atom is 0.322 e. The van der Waals surface area contributed by atoms with Crippen LogP contribution in [0.2, 0.25) is 0 Å². The summed E-state index contributed by atoms with van der Waals surface area (Å²) in [6.07, 6.45) is 11.3. The van der Waals surface area contributed by atoms with Crippen LogP contribution in [0.4, 0.5) is 9.18 Å². The fourth-order valence-corrected chi connectivity index (χ4v) is 4.13. The summed E-state index contributed by atoms with van der Waals surface area (Å²) in [4.78, 5) is 14.1. The number of hydrogen-bond acceptors (Lipinski definition) is 1. The van der Waals surface area contributed by atoms with Gasteiger partial charge in [0, 0.05) is 18.0 Å². The van der Waals surface area contributed by atoms with Gasteiger partial charge in [-0.25, -0.2) is 9.18 Å². The largest absolute Gasteiger partial charge is 0.336 e. The second-order valence-corrected chi connectivity index (χ2v) is 6.39. The van der Waals surface area contributed by atoms with E-state index in [1.165, 1.54) is 17.2 Å². The van der Waals surface area contributed by atoms with E-state index in [-0.39, 0.29) is 23.8 Å². The topological polar surface area (TPSA) is 32.3 Å². The number of rotatable bonds is 0. The summed E-state index contributed by atoms with van der Waals surface area (Å²) >= 11 is 0. The van der Waals surface area contributed by atoms with E-state index >= 15 is 0 Å². The van der Waals surface area contributed by atoms with Crippen LogP contribution in [0.5, 0.6) is 0 Å². The molecule has 1 aromatic carbocycles. The van der Waals surface area contributed by atoms with Crippen LogP contribution in [0.15, 0.2) is 53.6 Å². The zero-order valence-electron chi connectivity index (χ0n) is 12.4. The molecule has 0 bridgehead atoms. The number of allylic oxidation sites excluding steroid dienone is 5. The fourth-order valence-electron chi connectivity index (χ4n) is 4.13. The van der Waals surface area contributed by atoms with Crippen LogP contribution < -0.4 is 5.32 Å². The molecule has 4 heteroatoms. The molecule has 23 heavy (non-hydrogen) atoms. The molecule has 114 valence electrons. The van der Waals surface area contributed by atoms with E-state index in [0.717, 1.165) is 23.2 Å². The first kappa shape index (κ1) is 12.9. The highest BCUT2D eigenvalue weighted by Crippen LogP contribution is 2.47. The maximum atomic E-state index is 13.9. The van der Waals surface area contributed by atoms with E-state index in [1.807, 2.05) is 17.1 Å². The number of fused-ring (bicyclic) bond motifs is 6. The standard InChI is InChI=1S/C19H15FN2O/c20-13-6-5-12-7-11-3-1-2-4-15(11)17-9-14-10-21-19(23)22(14)18(17)16(12)8-13/h1-8,14-15H,9-10H2,(H,21,23)/t14-,15?/m0/s1. The van der Waals surface area contributed by atoms with Gasteiger partial charge in [0.2, 0.25) is 0 Å². The Bertz CT molecular complexity index is 862. The highest BCUT2D eigenvalue weighted by Gasteiger charge is 2.44. The molecule has 1 saturated heterocycles. The number of nitrogens with one attached hydrogen (secondary N) is 1. The van der Waals surface area contributed by atoms with E-state index in [9.17, 15) is 9.18 Å². The number of nitrogens with zero attached hydrogens (tertiary/aromatic N) is 1. The summed E-state index contributed by atoms with van der Waals surface area (Å²) in [7, 11) is 0. The molecule has 0 radical (unpaired) electrons. The summed E-state index contributed by atoms with van der Waals surface area (Å²) in [6, 6.07) is 4.91. The number of halogens is 1. The second-order valence-electron chi connectivity index (χ2n) is 6.39. The van der Waals surface area contributed by atoms with Crippen molar-refractivity contribution in [3.63, 3.8) is 0 Å². The third-order valence-electron chi connectivity index (χ3n) is 5.10. The molecule has 0 saturated carbocycles. The zero-order valence-corrected chi connectivity index (χ0v) is 12.4. The Hall–Kier alpha value is -2.62. The lowest BCUT2D eigenvalue weighted by Crippen LogP contribution is -2.28. The van der Waals surface area contributed by atoms with Gasteiger partial charge in [-0.1, -0.05) is 36.4 Å². The Morgan fingerprint density at radius 2 is 2.17 bits per heavy atom. The maximum absolute atomic E-state index is 13.9. The van der Waals surface area contributed by atoms with Crippen molar-refractivity contribution in [2.45, 2.75) is 12.5 Å². The molecule has 5 rings (SSSR count). The van der Waals surface area contributed by atoms with Crippen LogP contribution in [-0.2, 0) is 0 Å². The molecule has 2 heterocycles. The molecule has 0 aromatic heterocycles. The van der Waals surface area contributed by atoms with Crippen LogP contribution >= 0.6 is 0 Å². The van der Waals surface area contributed by atoms with Crippen LogP contribution in [-0.4, -0.2) is 23.5 Å². The molecule has 2 aliphatic heterocycles. The van der Waals surface area contributed by atoms with Crippen molar-refractivity contribution in [1.29, 1.82) is 0 Å². The quantitative estimate of drug-likeness (QED) is 0.782. The Labute approximate surface area is 133 Å². The molecule has 1 unspecified atom stereocenters. The van der Waals surface area contributed by atoms with Crippen molar-refractivity contribution in [1.82, 2.24) is 10.2 Å². The Kier molecular flexibility index (Phi) is 2.49. The summed E-state index contributed by atoms with van der Waals surface area (Å²) in [6.45, 7) is 0.655. The van der Waals surface area contributed by atoms with Gasteiger partial charge in [0.1, 0.15) is 5.82 Å². The first-order chi connectivity index (χ1) is 11.2. The number of amides is 2. The van der Waals surface area contributed by atoms with Crippen molar-refractivity contribution >= 4 is 17.8 Å². The van der Waals surface area contributed by atoms with Crippen LogP contribution in [0, 0.1) is 11.7 Å². The lowest BCUT2D eigenvalue weighted by molar-refractivity contribution is 0.228. The summed E-state index contributed by atoms with van der Waals surface area (Å²) in [5.41, 5.74) is 5.11. The van der Waals surface area contributed by atoms with Gasteiger partial charge >= 0.3 is 6.03 Å². The number of carbonyl (C=O) groups excluding carboxylic acids is 1. The van der Waals surface area contributed by atoms with Gasteiger partial charge in [-0.15, -0.1) is 0 Å². The molecular weight excluding hydrogens is 291 g/mol. The SMILES string of the molecule is O=C1NC[C@@H]2CC3=C(c4cc(F)ccc4C=C4C=CC=CC43)N12. The van der Waals surface area contributed by atoms with Crippen molar-refractivity contribution < 1.29 is 9.18 Å². The van der Waals surface area contributed by atoms with Gasteiger partial charge in [0.25, 0.3) is 0 Å². The lowest BCUT2D eigenvalue weighted by Gasteiger charge is -2.20. The van der Waals surface area contributed by atoms with E-state index in [0.29, 0.717) is 6.54 Å². The van der Waals surface area contributed by atoms with Gasteiger partial charge in [0.15, 0.2) is 0 Å². The first-order valence-corrected chi connectivity index (χ1v) is 7.89. The van der Waals surface area contributed by atoms with Gasteiger partial charge in [-0.05, 0) is 35.3 Å². The highest BCUT2D eigenvalue weighted by atomic mass is 19.1. The van der Waals surface area contributed by atoms with Crippen molar-refractivity contribution in [2.24, 2.45) is 5.92 Å². The molecule has 4 aliphatic rings. The van der Waals surface area contributed by atoms with Crippen LogP contribution in [0.25, 0.3) is 11.8 Å². The van der Waals surface area contributed by atoms with Crippen molar-refractivity contribution in [3.05, 3.63) is 70.6 Å². The lowest BCUT2D eigenvalue weighted by atomic mass is 9.85. The predicted molar refractivity (Wildman–Crippen MR) is 86.7 cm³/mol. The van der Waals surface area contributed by atoms with Gasteiger partial charge < -0.3 is 5.32 Å². The normalized spacial score (nSPS) is 27.1. The predicted octanol–water partition coefficient (Wildman–Crippen LogP) is 3.47. The molecule has 1 N–H and O–H groups in total. The van der Waals surface area contributed by atoms with E-state index in [1.54, 1.807) is 12.1 Å². The fraction of sp³-hybridized carbons (Fsp3) is 0.211. The number of benzene rings is 1. The Balaban J connectivity index is 1.81. The second kappa shape index (κ2) is 4.44. The minimum absolute atomic E-state index is 0.0750. The molecule has 2 amide bonds. The Morgan fingerprint density at radius 3 is 3.09 bits per heavy atom. The molecular formula is C19H15FN2O. The average molecular weight is 306 g/mol. The summed E-state index contributed by atoms with van der Waals surface area (Å²) in [5, 5.41) is 2.90. The Morgan fingerprint density at radius 1 is 1.26 bits per heavy atom. The molecule has 1 fully saturated rings. The minimum Gasteiger partial charge on any atom is -0.336 e. The molecule has 2 atom stereocenters. The van der Waals surface area contributed by atoms with E-state index in [4.69, 9.17) is 0 Å². The third kappa shape index (κ3) is 1.72. The van der Waals surface area contributed by atoms with Crippen LogP contribution in [0.3, 0.4) is 0 Å². The summed E-state index contributed by atoms with van der Waals surface area (Å²) in [5.74, 6) is -0.100. The molecule has 3 nitrogen and oxygen atoms in total. The average Bonchev–Trinajstić information content (AvgIpc) is 3.06. The molecule has 2 aliphatic carbocycles. The first-order valence-electron chi connectivity index (χ1n) is 7.89. The van der Waals surface area contributed by atoms with Gasteiger partial charge in [0.05, 0.1) is 11.7 Å². The highest BCUT2D eigenvalue weighted by molar-refractivity contribution is 5.94. The smallest absolute Gasteiger partial charge is 0.322 e. The van der Waals surface area contributed by atoms with E-state index < -0.39 is 0 Å². The van der Waals surface area contributed by atoms with Crippen molar-refractivity contribution in [3.8, 4) is 0 Å².